The molecule has 2 rings (SSSR count). The van der Waals surface area contributed by atoms with Gasteiger partial charge in [-0.1, -0.05) is 5.92 Å². The van der Waals surface area contributed by atoms with Gasteiger partial charge in [-0.3, -0.25) is 4.79 Å². The highest BCUT2D eigenvalue weighted by Crippen LogP contribution is 2.27. The molecule has 0 aliphatic rings. The maximum absolute atomic E-state index is 12.4. The van der Waals surface area contributed by atoms with Crippen LogP contribution in [0.2, 0.25) is 0 Å². The van der Waals surface area contributed by atoms with Crippen molar-refractivity contribution in [3.63, 3.8) is 0 Å². The molecular formula is C15H11F3N4O2. The lowest BCUT2D eigenvalue weighted by molar-refractivity contribution is -0.167. The SMILES string of the molecule is COc1ccc(C#Cc2ccnc(N)n2)cc1NC(=O)C(F)(F)F. The Morgan fingerprint density at radius 3 is 2.67 bits per heavy atom. The molecule has 9 heteroatoms. The minimum Gasteiger partial charge on any atom is -0.495 e. The van der Waals surface area contributed by atoms with Crippen molar-refractivity contribution in [2.45, 2.75) is 6.18 Å². The number of methoxy groups -OCH3 is 1. The van der Waals surface area contributed by atoms with Crippen LogP contribution in [0.3, 0.4) is 0 Å². The molecule has 0 radical (unpaired) electrons. The van der Waals surface area contributed by atoms with Crippen LogP contribution in [0.25, 0.3) is 0 Å². The maximum atomic E-state index is 12.4. The summed E-state index contributed by atoms with van der Waals surface area (Å²) in [5.74, 6) is 3.42. The van der Waals surface area contributed by atoms with Gasteiger partial charge in [0.2, 0.25) is 5.95 Å². The number of hydrogen-bond donors (Lipinski definition) is 2. The van der Waals surface area contributed by atoms with E-state index in [1.807, 2.05) is 0 Å². The van der Waals surface area contributed by atoms with Crippen LogP contribution in [0.1, 0.15) is 11.3 Å². The van der Waals surface area contributed by atoms with E-state index in [-0.39, 0.29) is 17.4 Å². The van der Waals surface area contributed by atoms with E-state index >= 15 is 0 Å². The Morgan fingerprint density at radius 2 is 2.04 bits per heavy atom. The Balaban J connectivity index is 2.30. The van der Waals surface area contributed by atoms with E-state index in [1.165, 1.54) is 37.6 Å². The first-order valence-electron chi connectivity index (χ1n) is 6.46. The molecule has 0 unspecified atom stereocenters. The standard InChI is InChI=1S/C15H11F3N4O2/c1-24-12-5-3-9(2-4-10-6-7-20-14(19)21-10)8-11(12)22-13(23)15(16,17)18/h3,5-8H,1H3,(H,22,23)(H2,19,20,21). The van der Waals surface area contributed by atoms with Crippen LogP contribution in [0.5, 0.6) is 5.75 Å². The zero-order valence-corrected chi connectivity index (χ0v) is 12.3. The number of carbonyl (C=O) groups excluding carboxylic acids is 1. The van der Waals surface area contributed by atoms with Crippen LogP contribution in [0.15, 0.2) is 30.5 Å². The normalized spacial score (nSPS) is 10.5. The predicted molar refractivity (Wildman–Crippen MR) is 80.1 cm³/mol. The van der Waals surface area contributed by atoms with Gasteiger partial charge in [-0.15, -0.1) is 0 Å². The smallest absolute Gasteiger partial charge is 0.471 e. The van der Waals surface area contributed by atoms with E-state index in [1.54, 1.807) is 5.32 Å². The molecule has 0 spiro atoms. The molecule has 1 aromatic heterocycles. The van der Waals surface area contributed by atoms with Crippen molar-refractivity contribution >= 4 is 17.5 Å². The zero-order valence-electron chi connectivity index (χ0n) is 12.3. The van der Waals surface area contributed by atoms with Crippen LogP contribution in [0, 0.1) is 11.8 Å². The number of halogens is 3. The van der Waals surface area contributed by atoms with Gasteiger partial charge in [0.05, 0.1) is 12.8 Å². The quantitative estimate of drug-likeness (QED) is 0.819. The summed E-state index contributed by atoms with van der Waals surface area (Å²) in [6.45, 7) is 0. The molecule has 3 N–H and O–H groups in total. The Bertz CT molecular complexity index is 825. The third-order valence-electron chi connectivity index (χ3n) is 2.71. The van der Waals surface area contributed by atoms with Gasteiger partial charge in [0.25, 0.3) is 0 Å². The third kappa shape index (κ3) is 4.36. The van der Waals surface area contributed by atoms with E-state index < -0.39 is 12.1 Å². The van der Waals surface area contributed by atoms with Crippen LogP contribution in [0.4, 0.5) is 24.8 Å². The zero-order chi connectivity index (χ0) is 17.7. The van der Waals surface area contributed by atoms with Crippen molar-refractivity contribution in [1.29, 1.82) is 0 Å². The average molecular weight is 336 g/mol. The summed E-state index contributed by atoms with van der Waals surface area (Å²) < 4.78 is 42.0. The monoisotopic (exact) mass is 336 g/mol. The second-order valence-electron chi connectivity index (χ2n) is 4.42. The summed E-state index contributed by atoms with van der Waals surface area (Å²) in [6, 6.07) is 5.71. The van der Waals surface area contributed by atoms with E-state index in [2.05, 4.69) is 21.8 Å². The Labute approximate surface area is 134 Å². The number of hydrogen-bond acceptors (Lipinski definition) is 5. The lowest BCUT2D eigenvalue weighted by Gasteiger charge is -2.11. The number of anilines is 2. The van der Waals surface area contributed by atoms with Crippen LogP contribution in [-0.4, -0.2) is 29.2 Å². The van der Waals surface area contributed by atoms with Crippen molar-refractivity contribution in [1.82, 2.24) is 9.97 Å². The number of rotatable bonds is 2. The molecular weight excluding hydrogens is 325 g/mol. The number of nitrogens with two attached hydrogens (primary N) is 1. The van der Waals surface area contributed by atoms with E-state index in [9.17, 15) is 18.0 Å². The number of amides is 1. The van der Waals surface area contributed by atoms with Crippen molar-refractivity contribution in [2.75, 3.05) is 18.2 Å². The van der Waals surface area contributed by atoms with Crippen LogP contribution < -0.4 is 15.8 Å². The van der Waals surface area contributed by atoms with Crippen molar-refractivity contribution in [3.8, 4) is 17.6 Å². The summed E-state index contributed by atoms with van der Waals surface area (Å²) in [5.41, 5.74) is 5.98. The number of nitrogens with one attached hydrogen (secondary N) is 1. The Hall–Kier alpha value is -3.28. The van der Waals surface area contributed by atoms with Gasteiger partial charge in [0.15, 0.2) is 0 Å². The Morgan fingerprint density at radius 1 is 1.29 bits per heavy atom. The topological polar surface area (TPSA) is 90.1 Å². The van der Waals surface area contributed by atoms with Gasteiger partial charge < -0.3 is 15.8 Å². The van der Waals surface area contributed by atoms with Gasteiger partial charge in [-0.05, 0) is 30.2 Å². The molecule has 6 nitrogen and oxygen atoms in total. The first-order chi connectivity index (χ1) is 11.3. The van der Waals surface area contributed by atoms with Gasteiger partial charge >= 0.3 is 12.1 Å². The molecule has 0 atom stereocenters. The highest BCUT2D eigenvalue weighted by molar-refractivity contribution is 5.96. The fourth-order valence-corrected chi connectivity index (χ4v) is 1.66. The molecule has 0 fully saturated rings. The van der Waals surface area contributed by atoms with Gasteiger partial charge in [-0.25, -0.2) is 9.97 Å². The second kappa shape index (κ2) is 6.87. The molecule has 1 aromatic carbocycles. The minimum absolute atomic E-state index is 0.0506. The number of alkyl halides is 3. The van der Waals surface area contributed by atoms with Crippen molar-refractivity contribution in [3.05, 3.63) is 41.7 Å². The van der Waals surface area contributed by atoms with Gasteiger partial charge in [-0.2, -0.15) is 13.2 Å². The largest absolute Gasteiger partial charge is 0.495 e. The van der Waals surface area contributed by atoms with Gasteiger partial charge in [0, 0.05) is 11.8 Å². The lowest BCUT2D eigenvalue weighted by atomic mass is 10.2. The lowest BCUT2D eigenvalue weighted by Crippen LogP contribution is -2.30. The van der Waals surface area contributed by atoms with Crippen molar-refractivity contribution < 1.29 is 22.7 Å². The summed E-state index contributed by atoms with van der Waals surface area (Å²) >= 11 is 0. The number of nitrogen functional groups attached to an aromatic ring is 1. The first kappa shape index (κ1) is 17.1. The molecule has 0 aliphatic heterocycles. The van der Waals surface area contributed by atoms with Gasteiger partial charge in [0.1, 0.15) is 11.4 Å². The van der Waals surface area contributed by atoms with E-state index in [0.717, 1.165) is 0 Å². The third-order valence-corrected chi connectivity index (χ3v) is 2.71. The summed E-state index contributed by atoms with van der Waals surface area (Å²) in [7, 11) is 1.27. The Kier molecular flexibility index (Phi) is 4.89. The molecule has 24 heavy (non-hydrogen) atoms. The molecule has 1 heterocycles. The fraction of sp³-hybridized carbons (Fsp3) is 0.133. The number of benzene rings is 1. The van der Waals surface area contributed by atoms with E-state index in [4.69, 9.17) is 10.5 Å². The number of ether oxygens (including phenoxy) is 1. The summed E-state index contributed by atoms with van der Waals surface area (Å²) in [5, 5.41) is 1.75. The molecule has 124 valence electrons. The number of aromatic nitrogens is 2. The molecule has 0 bridgehead atoms. The predicted octanol–water partition coefficient (Wildman–Crippen LogP) is 1.97. The number of carbonyl (C=O) groups is 1. The maximum Gasteiger partial charge on any atom is 0.471 e. The highest BCUT2D eigenvalue weighted by atomic mass is 19.4. The minimum atomic E-state index is -5.01. The molecule has 1 amide bonds. The molecule has 0 aliphatic carbocycles. The summed E-state index contributed by atoms with van der Waals surface area (Å²) in [6.07, 6.45) is -3.58. The van der Waals surface area contributed by atoms with Crippen LogP contribution >= 0.6 is 0 Å². The average Bonchev–Trinajstić information content (AvgIpc) is 2.52. The summed E-state index contributed by atoms with van der Waals surface area (Å²) in [4.78, 5) is 18.7. The highest BCUT2D eigenvalue weighted by Gasteiger charge is 2.39. The molecule has 2 aromatic rings. The second-order valence-corrected chi connectivity index (χ2v) is 4.42. The number of nitrogens with zero attached hydrogens (tertiary/aromatic N) is 2. The van der Waals surface area contributed by atoms with Crippen molar-refractivity contribution in [2.24, 2.45) is 0 Å². The molecule has 0 saturated carbocycles. The van der Waals surface area contributed by atoms with E-state index in [0.29, 0.717) is 11.3 Å². The molecule has 0 saturated heterocycles. The fourth-order valence-electron chi connectivity index (χ4n) is 1.66. The van der Waals surface area contributed by atoms with Crippen LogP contribution in [-0.2, 0) is 4.79 Å². The first-order valence-corrected chi connectivity index (χ1v) is 6.46.